The molecule has 2 aliphatic carbocycles. The number of hydrogen-bond acceptors (Lipinski definition) is 3. The summed E-state index contributed by atoms with van der Waals surface area (Å²) in [5, 5.41) is 20.0. The molecule has 22 heavy (non-hydrogen) atoms. The van der Waals surface area contributed by atoms with Gasteiger partial charge in [-0.3, -0.25) is 0 Å². The van der Waals surface area contributed by atoms with E-state index in [0.29, 0.717) is 23.2 Å². The first-order valence-electron chi connectivity index (χ1n) is 9.22. The standard InChI is InChI=1S/C19H36O3/c1-14(13-22-12-6-10-18(2,3)21)15-8-9-16-17(20)7-5-11-19(15,16)4/h14-17,20-21H,5-13H2,1-4H3/t14-,15?,16-,17?,19?/m0/s1. The highest BCUT2D eigenvalue weighted by molar-refractivity contribution is 5.01. The van der Waals surface area contributed by atoms with E-state index >= 15 is 0 Å². The third-order valence-corrected chi connectivity index (χ3v) is 6.31. The van der Waals surface area contributed by atoms with Crippen molar-refractivity contribution in [2.45, 2.75) is 84.3 Å². The molecule has 0 spiro atoms. The summed E-state index contributed by atoms with van der Waals surface area (Å²) in [5.74, 6) is 1.74. The average Bonchev–Trinajstić information content (AvgIpc) is 2.75. The van der Waals surface area contributed by atoms with Crippen molar-refractivity contribution in [3.63, 3.8) is 0 Å². The second-order valence-electron chi connectivity index (χ2n) is 8.72. The highest BCUT2D eigenvalue weighted by Gasteiger charge is 2.52. The lowest BCUT2D eigenvalue weighted by atomic mass is 9.62. The Hall–Kier alpha value is -0.120. The quantitative estimate of drug-likeness (QED) is 0.704. The van der Waals surface area contributed by atoms with E-state index in [0.717, 1.165) is 32.5 Å². The zero-order valence-corrected chi connectivity index (χ0v) is 15.0. The number of ether oxygens (including phenoxy) is 1. The largest absolute Gasteiger partial charge is 0.393 e. The molecule has 0 aliphatic heterocycles. The summed E-state index contributed by atoms with van der Waals surface area (Å²) >= 11 is 0. The average molecular weight is 312 g/mol. The maximum absolute atomic E-state index is 10.3. The molecule has 0 aromatic rings. The molecule has 5 atom stereocenters. The Bertz CT molecular complexity index is 349. The fourth-order valence-corrected chi connectivity index (χ4v) is 5.12. The first-order chi connectivity index (χ1) is 10.2. The lowest BCUT2D eigenvalue weighted by molar-refractivity contribution is -0.0383. The molecule has 2 rings (SSSR count). The van der Waals surface area contributed by atoms with E-state index in [1.807, 2.05) is 13.8 Å². The van der Waals surface area contributed by atoms with Crippen molar-refractivity contribution in [3.05, 3.63) is 0 Å². The van der Waals surface area contributed by atoms with Crippen molar-refractivity contribution in [1.82, 2.24) is 0 Å². The predicted molar refractivity (Wildman–Crippen MR) is 89.7 cm³/mol. The molecule has 3 nitrogen and oxygen atoms in total. The van der Waals surface area contributed by atoms with E-state index < -0.39 is 5.60 Å². The van der Waals surface area contributed by atoms with Crippen molar-refractivity contribution < 1.29 is 14.9 Å². The topological polar surface area (TPSA) is 49.7 Å². The molecule has 0 heterocycles. The van der Waals surface area contributed by atoms with Gasteiger partial charge in [0.25, 0.3) is 0 Å². The highest BCUT2D eigenvalue weighted by Crippen LogP contribution is 2.57. The van der Waals surface area contributed by atoms with E-state index in [2.05, 4.69) is 13.8 Å². The maximum Gasteiger partial charge on any atom is 0.0592 e. The smallest absolute Gasteiger partial charge is 0.0592 e. The van der Waals surface area contributed by atoms with Gasteiger partial charge in [-0.15, -0.1) is 0 Å². The van der Waals surface area contributed by atoms with Gasteiger partial charge in [0, 0.05) is 13.2 Å². The minimum Gasteiger partial charge on any atom is -0.393 e. The van der Waals surface area contributed by atoms with Gasteiger partial charge in [-0.2, -0.15) is 0 Å². The molecule has 3 heteroatoms. The SMILES string of the molecule is C[C@@H](COCCCC(C)(C)O)C1CC[C@H]2C(O)CCCC12C. The number of fused-ring (bicyclic) bond motifs is 1. The van der Waals surface area contributed by atoms with Crippen LogP contribution in [0.2, 0.25) is 0 Å². The molecule has 3 unspecified atom stereocenters. The number of hydrogen-bond donors (Lipinski definition) is 2. The molecule has 2 saturated carbocycles. The van der Waals surface area contributed by atoms with Crippen molar-refractivity contribution in [2.75, 3.05) is 13.2 Å². The summed E-state index contributed by atoms with van der Waals surface area (Å²) in [5.41, 5.74) is -0.271. The van der Waals surface area contributed by atoms with Gasteiger partial charge in [0.15, 0.2) is 0 Å². The van der Waals surface area contributed by atoms with Gasteiger partial charge in [-0.25, -0.2) is 0 Å². The molecular formula is C19H36O3. The van der Waals surface area contributed by atoms with Crippen LogP contribution >= 0.6 is 0 Å². The van der Waals surface area contributed by atoms with Crippen LogP contribution in [-0.2, 0) is 4.74 Å². The van der Waals surface area contributed by atoms with Crippen LogP contribution in [0.4, 0.5) is 0 Å². The van der Waals surface area contributed by atoms with Crippen LogP contribution in [0.3, 0.4) is 0 Å². The molecule has 0 bridgehead atoms. The van der Waals surface area contributed by atoms with Crippen LogP contribution < -0.4 is 0 Å². The summed E-state index contributed by atoms with van der Waals surface area (Å²) in [7, 11) is 0. The van der Waals surface area contributed by atoms with Crippen molar-refractivity contribution in [3.8, 4) is 0 Å². The Labute approximate surface area is 136 Å². The molecular weight excluding hydrogens is 276 g/mol. The Morgan fingerprint density at radius 2 is 2.00 bits per heavy atom. The summed E-state index contributed by atoms with van der Waals surface area (Å²) in [4.78, 5) is 0. The Morgan fingerprint density at radius 1 is 1.27 bits per heavy atom. The summed E-state index contributed by atoms with van der Waals surface area (Å²) in [6.45, 7) is 9.98. The van der Waals surface area contributed by atoms with Crippen LogP contribution in [0, 0.1) is 23.2 Å². The lowest BCUT2D eigenvalue weighted by Crippen LogP contribution is -2.42. The van der Waals surface area contributed by atoms with E-state index in [-0.39, 0.29) is 6.10 Å². The second-order valence-corrected chi connectivity index (χ2v) is 8.72. The zero-order valence-electron chi connectivity index (χ0n) is 15.0. The summed E-state index contributed by atoms with van der Waals surface area (Å²) in [6.07, 6.45) is 7.48. The number of aliphatic hydroxyl groups is 2. The van der Waals surface area contributed by atoms with Crippen LogP contribution in [0.5, 0.6) is 0 Å². The molecule has 0 aromatic heterocycles. The Morgan fingerprint density at radius 3 is 2.68 bits per heavy atom. The second kappa shape index (κ2) is 7.19. The van der Waals surface area contributed by atoms with Gasteiger partial charge >= 0.3 is 0 Å². The lowest BCUT2D eigenvalue weighted by Gasteiger charge is -2.45. The van der Waals surface area contributed by atoms with Crippen LogP contribution in [0.25, 0.3) is 0 Å². The molecule has 0 amide bonds. The first-order valence-corrected chi connectivity index (χ1v) is 9.22. The van der Waals surface area contributed by atoms with Crippen molar-refractivity contribution in [2.24, 2.45) is 23.2 Å². The third-order valence-electron chi connectivity index (χ3n) is 6.31. The van der Waals surface area contributed by atoms with Crippen molar-refractivity contribution >= 4 is 0 Å². The molecule has 2 fully saturated rings. The van der Waals surface area contributed by atoms with Crippen LogP contribution in [-0.4, -0.2) is 35.1 Å². The monoisotopic (exact) mass is 312 g/mol. The number of rotatable bonds is 7. The van der Waals surface area contributed by atoms with Gasteiger partial charge < -0.3 is 14.9 Å². The van der Waals surface area contributed by atoms with Gasteiger partial charge in [0.2, 0.25) is 0 Å². The highest BCUT2D eigenvalue weighted by atomic mass is 16.5. The summed E-state index contributed by atoms with van der Waals surface area (Å²) < 4.78 is 5.88. The zero-order chi connectivity index (χ0) is 16.4. The van der Waals surface area contributed by atoms with Crippen LogP contribution in [0.1, 0.15) is 72.6 Å². The fourth-order valence-electron chi connectivity index (χ4n) is 5.12. The molecule has 2 N–H and O–H groups in total. The molecule has 130 valence electrons. The minimum atomic E-state index is -0.584. The molecule has 0 aromatic carbocycles. The Kier molecular flexibility index (Phi) is 5.95. The molecule has 2 aliphatic rings. The summed E-state index contributed by atoms with van der Waals surface area (Å²) in [6, 6.07) is 0. The van der Waals surface area contributed by atoms with E-state index in [9.17, 15) is 10.2 Å². The van der Waals surface area contributed by atoms with Gasteiger partial charge in [-0.05, 0) is 75.5 Å². The fraction of sp³-hybridized carbons (Fsp3) is 1.00. The number of aliphatic hydroxyl groups excluding tert-OH is 1. The first kappa shape index (κ1) is 18.2. The van der Waals surface area contributed by atoms with Gasteiger partial charge in [0.1, 0.15) is 0 Å². The van der Waals surface area contributed by atoms with E-state index in [1.54, 1.807) is 0 Å². The van der Waals surface area contributed by atoms with Crippen LogP contribution in [0.15, 0.2) is 0 Å². The minimum absolute atomic E-state index is 0.0800. The third kappa shape index (κ3) is 4.24. The Balaban J connectivity index is 1.77. The van der Waals surface area contributed by atoms with E-state index in [1.165, 1.54) is 25.7 Å². The predicted octanol–water partition coefficient (Wildman–Crippen LogP) is 3.77. The maximum atomic E-state index is 10.3. The van der Waals surface area contributed by atoms with Gasteiger partial charge in [0.05, 0.1) is 11.7 Å². The molecule has 0 radical (unpaired) electrons. The molecule has 0 saturated heterocycles. The van der Waals surface area contributed by atoms with Crippen molar-refractivity contribution in [1.29, 1.82) is 0 Å². The normalized spacial score (nSPS) is 37.1. The van der Waals surface area contributed by atoms with Gasteiger partial charge in [-0.1, -0.05) is 20.3 Å². The van der Waals surface area contributed by atoms with E-state index in [4.69, 9.17) is 4.74 Å².